The molecule has 0 aliphatic carbocycles. The number of hydrogen-bond donors (Lipinski definition) is 2. The van der Waals surface area contributed by atoms with E-state index in [2.05, 4.69) is 13.8 Å². The smallest absolute Gasteiger partial charge is 0.0540 e. The monoisotopic (exact) mass is 300 g/mol. The summed E-state index contributed by atoms with van der Waals surface area (Å²) < 4.78 is 0. The van der Waals surface area contributed by atoms with Crippen LogP contribution in [0.5, 0.6) is 0 Å². The minimum absolute atomic E-state index is 0.150. The van der Waals surface area contributed by atoms with Crippen molar-refractivity contribution in [2.75, 3.05) is 0 Å². The van der Waals surface area contributed by atoms with Gasteiger partial charge < -0.3 is 10.2 Å². The molecular formula is C19H40O2. The first-order valence-electron chi connectivity index (χ1n) is 9.56. The number of rotatable bonds is 16. The van der Waals surface area contributed by atoms with Crippen molar-refractivity contribution >= 4 is 0 Å². The Kier molecular flexibility index (Phi) is 16.2. The predicted octanol–water partition coefficient (Wildman–Crippen LogP) is 5.60. The van der Waals surface area contributed by atoms with Crippen molar-refractivity contribution in [1.29, 1.82) is 0 Å². The molecule has 0 saturated carbocycles. The van der Waals surface area contributed by atoms with Gasteiger partial charge in [-0.15, -0.1) is 0 Å². The summed E-state index contributed by atoms with van der Waals surface area (Å²) in [6.45, 7) is 4.43. The quantitative estimate of drug-likeness (QED) is 0.364. The van der Waals surface area contributed by atoms with Gasteiger partial charge in [-0.25, -0.2) is 0 Å². The second-order valence-electron chi connectivity index (χ2n) is 6.64. The maximum absolute atomic E-state index is 9.94. The first kappa shape index (κ1) is 20.9. The van der Waals surface area contributed by atoms with Crippen molar-refractivity contribution in [3.05, 3.63) is 0 Å². The highest BCUT2D eigenvalue weighted by atomic mass is 16.3. The average Bonchev–Trinajstić information content (AvgIpc) is 2.46. The molecule has 0 radical (unpaired) electrons. The Morgan fingerprint density at radius 1 is 0.476 bits per heavy atom. The molecule has 128 valence electrons. The number of aliphatic hydroxyl groups is 2. The maximum Gasteiger partial charge on any atom is 0.0540 e. The Hall–Kier alpha value is -0.0800. The summed E-state index contributed by atoms with van der Waals surface area (Å²) in [4.78, 5) is 0. The van der Waals surface area contributed by atoms with Gasteiger partial charge in [-0.1, -0.05) is 78.1 Å². The third-order valence-corrected chi connectivity index (χ3v) is 4.36. The lowest BCUT2D eigenvalue weighted by atomic mass is 10.0. The Balaban J connectivity index is 3.27. The van der Waals surface area contributed by atoms with Crippen LogP contribution in [0.4, 0.5) is 0 Å². The van der Waals surface area contributed by atoms with E-state index in [1.807, 2.05) is 0 Å². The standard InChI is InChI=1S/C19H40O2/c1-3-5-7-8-9-10-12-15-19(21)17-13-16-18(20)14-11-6-4-2/h18-21H,3-17H2,1-2H3. The normalized spacial score (nSPS) is 14.3. The summed E-state index contributed by atoms with van der Waals surface area (Å²) in [5.41, 5.74) is 0. The maximum atomic E-state index is 9.94. The van der Waals surface area contributed by atoms with Crippen LogP contribution < -0.4 is 0 Å². The third-order valence-electron chi connectivity index (χ3n) is 4.36. The molecule has 0 bridgehead atoms. The van der Waals surface area contributed by atoms with Gasteiger partial charge in [-0.2, -0.15) is 0 Å². The van der Waals surface area contributed by atoms with Gasteiger partial charge in [-0.3, -0.25) is 0 Å². The molecule has 0 aromatic heterocycles. The van der Waals surface area contributed by atoms with E-state index in [0.717, 1.165) is 44.9 Å². The van der Waals surface area contributed by atoms with Crippen molar-refractivity contribution in [2.24, 2.45) is 0 Å². The van der Waals surface area contributed by atoms with Crippen molar-refractivity contribution in [3.63, 3.8) is 0 Å². The highest BCUT2D eigenvalue weighted by molar-refractivity contribution is 4.61. The van der Waals surface area contributed by atoms with Crippen molar-refractivity contribution in [3.8, 4) is 0 Å². The van der Waals surface area contributed by atoms with Crippen LogP contribution >= 0.6 is 0 Å². The molecule has 0 amide bonds. The molecule has 2 N–H and O–H groups in total. The zero-order valence-electron chi connectivity index (χ0n) is 14.7. The topological polar surface area (TPSA) is 40.5 Å². The number of hydrogen-bond acceptors (Lipinski definition) is 2. The van der Waals surface area contributed by atoms with Crippen molar-refractivity contribution in [2.45, 2.75) is 122 Å². The highest BCUT2D eigenvalue weighted by Crippen LogP contribution is 2.15. The van der Waals surface area contributed by atoms with Crippen LogP contribution in [0.25, 0.3) is 0 Å². The molecule has 0 heterocycles. The molecule has 0 rings (SSSR count). The van der Waals surface area contributed by atoms with E-state index < -0.39 is 0 Å². The largest absolute Gasteiger partial charge is 0.393 e. The molecule has 0 saturated heterocycles. The lowest BCUT2D eigenvalue weighted by molar-refractivity contribution is 0.121. The summed E-state index contributed by atoms with van der Waals surface area (Å²) >= 11 is 0. The fraction of sp³-hybridized carbons (Fsp3) is 1.00. The summed E-state index contributed by atoms with van der Waals surface area (Å²) in [5.74, 6) is 0. The predicted molar refractivity (Wildman–Crippen MR) is 92.6 cm³/mol. The molecular weight excluding hydrogens is 260 g/mol. The molecule has 2 heteroatoms. The Labute approximate surface area is 133 Å². The van der Waals surface area contributed by atoms with E-state index in [1.165, 1.54) is 51.4 Å². The van der Waals surface area contributed by atoms with Crippen LogP contribution in [-0.2, 0) is 0 Å². The molecule has 2 nitrogen and oxygen atoms in total. The van der Waals surface area contributed by atoms with Gasteiger partial charge in [0.1, 0.15) is 0 Å². The van der Waals surface area contributed by atoms with Crippen LogP contribution in [-0.4, -0.2) is 22.4 Å². The van der Waals surface area contributed by atoms with Gasteiger partial charge in [0.2, 0.25) is 0 Å². The van der Waals surface area contributed by atoms with Crippen molar-refractivity contribution in [1.82, 2.24) is 0 Å². The van der Waals surface area contributed by atoms with Crippen molar-refractivity contribution < 1.29 is 10.2 Å². The van der Waals surface area contributed by atoms with Crippen LogP contribution in [0.1, 0.15) is 110 Å². The van der Waals surface area contributed by atoms with Gasteiger partial charge in [0, 0.05) is 0 Å². The number of aliphatic hydroxyl groups excluding tert-OH is 2. The molecule has 0 fully saturated rings. The minimum atomic E-state index is -0.151. The first-order valence-corrected chi connectivity index (χ1v) is 9.56. The molecule has 0 spiro atoms. The summed E-state index contributed by atoms with van der Waals surface area (Å²) in [6, 6.07) is 0. The van der Waals surface area contributed by atoms with E-state index in [4.69, 9.17) is 0 Å². The molecule has 0 aliphatic heterocycles. The Morgan fingerprint density at radius 3 is 1.33 bits per heavy atom. The van der Waals surface area contributed by atoms with Gasteiger partial charge in [0.25, 0.3) is 0 Å². The van der Waals surface area contributed by atoms with E-state index in [-0.39, 0.29) is 12.2 Å². The fourth-order valence-electron chi connectivity index (χ4n) is 2.84. The molecule has 2 unspecified atom stereocenters. The summed E-state index contributed by atoms with van der Waals surface area (Å²) in [7, 11) is 0. The Bertz CT molecular complexity index is 194. The van der Waals surface area contributed by atoms with Crippen LogP contribution in [0.15, 0.2) is 0 Å². The third kappa shape index (κ3) is 16.1. The van der Waals surface area contributed by atoms with Gasteiger partial charge >= 0.3 is 0 Å². The SMILES string of the molecule is CCCCCCCCCC(O)CCCC(O)CCCCC. The van der Waals surface area contributed by atoms with Crippen LogP contribution in [0.3, 0.4) is 0 Å². The van der Waals surface area contributed by atoms with E-state index >= 15 is 0 Å². The summed E-state index contributed by atoms with van der Waals surface area (Å²) in [5, 5.41) is 19.8. The lowest BCUT2D eigenvalue weighted by Gasteiger charge is -2.13. The number of unbranched alkanes of at least 4 members (excludes halogenated alkanes) is 8. The fourth-order valence-corrected chi connectivity index (χ4v) is 2.84. The second kappa shape index (κ2) is 16.3. The van der Waals surface area contributed by atoms with E-state index in [1.54, 1.807) is 0 Å². The van der Waals surface area contributed by atoms with E-state index in [0.29, 0.717) is 0 Å². The molecule has 21 heavy (non-hydrogen) atoms. The van der Waals surface area contributed by atoms with Crippen LogP contribution in [0, 0.1) is 0 Å². The Morgan fingerprint density at radius 2 is 0.810 bits per heavy atom. The summed E-state index contributed by atoms with van der Waals surface area (Å²) in [6.07, 6.45) is 17.0. The minimum Gasteiger partial charge on any atom is -0.393 e. The zero-order chi connectivity index (χ0) is 15.8. The first-order chi connectivity index (χ1) is 10.2. The van der Waals surface area contributed by atoms with Crippen LogP contribution in [0.2, 0.25) is 0 Å². The van der Waals surface area contributed by atoms with Gasteiger partial charge in [-0.05, 0) is 32.1 Å². The zero-order valence-corrected chi connectivity index (χ0v) is 14.7. The molecule has 0 aromatic rings. The van der Waals surface area contributed by atoms with Gasteiger partial charge in [0.15, 0.2) is 0 Å². The molecule has 2 atom stereocenters. The molecule has 0 aliphatic rings. The highest BCUT2D eigenvalue weighted by Gasteiger charge is 2.07. The van der Waals surface area contributed by atoms with E-state index in [9.17, 15) is 10.2 Å². The van der Waals surface area contributed by atoms with Gasteiger partial charge in [0.05, 0.1) is 12.2 Å². The lowest BCUT2D eigenvalue weighted by Crippen LogP contribution is -2.10. The average molecular weight is 301 g/mol. The molecule has 0 aromatic carbocycles. The second-order valence-corrected chi connectivity index (χ2v) is 6.64.